The van der Waals surface area contributed by atoms with Crippen molar-refractivity contribution in [2.45, 2.75) is 19.4 Å². The Hall–Kier alpha value is -0.280. The molecule has 0 saturated carbocycles. The van der Waals surface area contributed by atoms with Crippen LogP contribution in [-0.4, -0.2) is 19.8 Å². The molecular formula is C12H15Cl2NO. The van der Waals surface area contributed by atoms with Crippen molar-refractivity contribution in [3.8, 4) is 0 Å². The number of hydrogen-bond donors (Lipinski definition) is 1. The Labute approximate surface area is 106 Å². The van der Waals surface area contributed by atoms with Gasteiger partial charge in [-0.1, -0.05) is 30.1 Å². The average Bonchev–Trinajstić information content (AvgIpc) is 2.48. The van der Waals surface area contributed by atoms with Gasteiger partial charge in [0.1, 0.15) is 0 Å². The van der Waals surface area contributed by atoms with Crippen LogP contribution in [0.5, 0.6) is 0 Å². The highest BCUT2D eigenvalue weighted by atomic mass is 35.5. The van der Waals surface area contributed by atoms with Crippen LogP contribution >= 0.6 is 23.2 Å². The van der Waals surface area contributed by atoms with Gasteiger partial charge in [-0.3, -0.25) is 0 Å². The lowest BCUT2D eigenvalue weighted by molar-refractivity contribution is 0.122. The van der Waals surface area contributed by atoms with Crippen LogP contribution in [0.4, 0.5) is 0 Å². The van der Waals surface area contributed by atoms with E-state index in [1.165, 1.54) is 0 Å². The minimum atomic E-state index is 0.147. The van der Waals surface area contributed by atoms with Gasteiger partial charge in [0.2, 0.25) is 0 Å². The Morgan fingerprint density at radius 3 is 2.88 bits per heavy atom. The van der Waals surface area contributed by atoms with Crippen molar-refractivity contribution in [3.05, 3.63) is 33.3 Å². The summed E-state index contributed by atoms with van der Waals surface area (Å²) in [5.74, 6) is 0. The molecule has 1 atom stereocenters. The summed E-state index contributed by atoms with van der Waals surface area (Å²) >= 11 is 12.5. The van der Waals surface area contributed by atoms with E-state index in [4.69, 9.17) is 27.9 Å². The molecule has 0 fully saturated rings. The molecule has 0 aliphatic carbocycles. The first kappa shape index (κ1) is 12.2. The van der Waals surface area contributed by atoms with Crippen LogP contribution in [0.3, 0.4) is 0 Å². The van der Waals surface area contributed by atoms with Crippen LogP contribution in [0.25, 0.3) is 0 Å². The number of fused-ring (bicyclic) bond motifs is 1. The Morgan fingerprint density at radius 1 is 1.38 bits per heavy atom. The maximum atomic E-state index is 6.26. The molecule has 1 heterocycles. The van der Waals surface area contributed by atoms with E-state index in [1.54, 1.807) is 0 Å². The predicted octanol–water partition coefficient (Wildman–Crippen LogP) is 3.22. The zero-order chi connectivity index (χ0) is 11.5. The number of ether oxygens (including phenoxy) is 1. The van der Waals surface area contributed by atoms with Crippen molar-refractivity contribution in [1.82, 2.24) is 5.32 Å². The largest absolute Gasteiger partial charge is 0.379 e. The highest BCUT2D eigenvalue weighted by Crippen LogP contribution is 2.34. The van der Waals surface area contributed by atoms with E-state index < -0.39 is 0 Å². The zero-order valence-electron chi connectivity index (χ0n) is 9.22. The summed E-state index contributed by atoms with van der Waals surface area (Å²) < 4.78 is 5.57. The first-order valence-electron chi connectivity index (χ1n) is 5.52. The van der Waals surface area contributed by atoms with Gasteiger partial charge in [-0.15, -0.1) is 0 Å². The maximum absolute atomic E-state index is 6.26. The lowest BCUT2D eigenvalue weighted by Gasteiger charge is -2.19. The summed E-state index contributed by atoms with van der Waals surface area (Å²) in [7, 11) is 0. The summed E-state index contributed by atoms with van der Waals surface area (Å²) in [5.41, 5.74) is 2.23. The third-order valence-electron chi connectivity index (χ3n) is 2.83. The van der Waals surface area contributed by atoms with Crippen LogP contribution in [0.15, 0.2) is 12.1 Å². The molecule has 0 aromatic heterocycles. The fourth-order valence-electron chi connectivity index (χ4n) is 2.11. The van der Waals surface area contributed by atoms with Gasteiger partial charge in [-0.25, -0.2) is 0 Å². The van der Waals surface area contributed by atoms with Crippen LogP contribution in [0.2, 0.25) is 10.0 Å². The Morgan fingerprint density at radius 2 is 2.12 bits per heavy atom. The number of hydrogen-bond acceptors (Lipinski definition) is 2. The molecule has 0 spiro atoms. The van der Waals surface area contributed by atoms with Gasteiger partial charge in [-0.2, -0.15) is 0 Å². The number of nitrogens with one attached hydrogen (secondary N) is 1. The lowest BCUT2D eigenvalue weighted by Crippen LogP contribution is -2.25. The number of likely N-dealkylation sites (N-methyl/N-ethyl adjacent to an activating group) is 1. The van der Waals surface area contributed by atoms with E-state index in [1.807, 2.05) is 12.1 Å². The molecule has 16 heavy (non-hydrogen) atoms. The first-order chi connectivity index (χ1) is 7.74. The molecule has 4 heteroatoms. The van der Waals surface area contributed by atoms with Crippen LogP contribution in [-0.2, 0) is 11.2 Å². The smallest absolute Gasteiger partial charge is 0.0662 e. The first-order valence-corrected chi connectivity index (χ1v) is 6.27. The number of halogens is 2. The molecule has 2 rings (SSSR count). The van der Waals surface area contributed by atoms with Gasteiger partial charge in [0, 0.05) is 10.0 Å². The van der Waals surface area contributed by atoms with E-state index in [-0.39, 0.29) is 6.04 Å². The zero-order valence-corrected chi connectivity index (χ0v) is 10.7. The highest BCUT2D eigenvalue weighted by Gasteiger charge is 2.22. The molecule has 0 saturated heterocycles. The van der Waals surface area contributed by atoms with Crippen molar-refractivity contribution in [1.29, 1.82) is 0 Å². The van der Waals surface area contributed by atoms with E-state index in [9.17, 15) is 0 Å². The van der Waals surface area contributed by atoms with Gasteiger partial charge in [0.25, 0.3) is 0 Å². The van der Waals surface area contributed by atoms with Crippen molar-refractivity contribution < 1.29 is 4.74 Å². The number of rotatable bonds is 2. The van der Waals surface area contributed by atoms with Gasteiger partial charge in [0.15, 0.2) is 0 Å². The predicted molar refractivity (Wildman–Crippen MR) is 67.4 cm³/mol. The Balaban J connectivity index is 2.46. The molecule has 88 valence electrons. The summed E-state index contributed by atoms with van der Waals surface area (Å²) in [5, 5.41) is 4.94. The minimum absolute atomic E-state index is 0.147. The van der Waals surface area contributed by atoms with Crippen LogP contribution in [0.1, 0.15) is 24.1 Å². The number of benzene rings is 1. The SMILES string of the molecule is CCNC1COCCc2c(Cl)ccc(Cl)c21. The topological polar surface area (TPSA) is 21.3 Å². The average molecular weight is 260 g/mol. The molecule has 0 amide bonds. The van der Waals surface area contributed by atoms with Gasteiger partial charge >= 0.3 is 0 Å². The van der Waals surface area contributed by atoms with Crippen molar-refractivity contribution in [2.75, 3.05) is 19.8 Å². The Bertz CT molecular complexity index is 382. The third-order valence-corrected chi connectivity index (χ3v) is 3.51. The fourth-order valence-corrected chi connectivity index (χ4v) is 2.67. The molecular weight excluding hydrogens is 245 g/mol. The standard InChI is InChI=1S/C12H15Cl2NO/c1-2-15-11-7-16-6-5-8-9(13)3-4-10(14)12(8)11/h3-4,11,15H,2,5-7H2,1H3. The summed E-state index contributed by atoms with van der Waals surface area (Å²) in [6, 6.07) is 3.86. The molecule has 1 unspecified atom stereocenters. The third kappa shape index (κ3) is 2.35. The van der Waals surface area contributed by atoms with Gasteiger partial charge in [0.05, 0.1) is 19.3 Å². The summed E-state index contributed by atoms with van der Waals surface area (Å²) in [6.07, 6.45) is 0.830. The van der Waals surface area contributed by atoms with Crippen LogP contribution in [0, 0.1) is 0 Å². The van der Waals surface area contributed by atoms with Crippen molar-refractivity contribution >= 4 is 23.2 Å². The molecule has 1 aromatic rings. The quantitative estimate of drug-likeness (QED) is 0.881. The van der Waals surface area contributed by atoms with Crippen LogP contribution < -0.4 is 5.32 Å². The second-order valence-electron chi connectivity index (χ2n) is 3.86. The van der Waals surface area contributed by atoms with Gasteiger partial charge in [-0.05, 0) is 36.2 Å². The molecule has 0 bridgehead atoms. The normalized spacial score (nSPS) is 20.3. The van der Waals surface area contributed by atoms with E-state index >= 15 is 0 Å². The van der Waals surface area contributed by atoms with E-state index in [2.05, 4.69) is 12.2 Å². The second-order valence-corrected chi connectivity index (χ2v) is 4.67. The maximum Gasteiger partial charge on any atom is 0.0662 e. The summed E-state index contributed by atoms with van der Waals surface area (Å²) in [4.78, 5) is 0. The monoisotopic (exact) mass is 259 g/mol. The molecule has 1 aliphatic rings. The lowest BCUT2D eigenvalue weighted by atomic mass is 9.99. The van der Waals surface area contributed by atoms with Gasteiger partial charge < -0.3 is 10.1 Å². The second kappa shape index (κ2) is 5.37. The highest BCUT2D eigenvalue weighted by molar-refractivity contribution is 6.34. The molecule has 0 radical (unpaired) electrons. The Kier molecular flexibility index (Phi) is 4.09. The van der Waals surface area contributed by atoms with Crippen molar-refractivity contribution in [3.63, 3.8) is 0 Å². The summed E-state index contributed by atoms with van der Waals surface area (Å²) in [6.45, 7) is 4.31. The van der Waals surface area contributed by atoms with E-state index in [0.29, 0.717) is 13.2 Å². The molecule has 1 N–H and O–H groups in total. The molecule has 2 nitrogen and oxygen atoms in total. The van der Waals surface area contributed by atoms with E-state index in [0.717, 1.165) is 34.1 Å². The minimum Gasteiger partial charge on any atom is -0.379 e. The molecule has 1 aromatic carbocycles. The fraction of sp³-hybridized carbons (Fsp3) is 0.500. The molecule has 1 aliphatic heterocycles. The van der Waals surface area contributed by atoms with Crippen molar-refractivity contribution in [2.24, 2.45) is 0 Å².